The van der Waals surface area contributed by atoms with Crippen LogP contribution in [0.5, 0.6) is 5.75 Å². The van der Waals surface area contributed by atoms with Crippen LogP contribution in [0.3, 0.4) is 0 Å². The summed E-state index contributed by atoms with van der Waals surface area (Å²) in [6.07, 6.45) is 3.45. The first kappa shape index (κ1) is 12.4. The Balaban J connectivity index is 2.23. The van der Waals surface area contributed by atoms with Crippen molar-refractivity contribution in [2.45, 2.75) is 20.4 Å². The van der Waals surface area contributed by atoms with Gasteiger partial charge in [0.25, 0.3) is 0 Å². The first-order chi connectivity index (χ1) is 8.76. The Hall–Kier alpha value is -2.10. The molecule has 94 valence electrons. The monoisotopic (exact) mass is 244 g/mol. The molecule has 0 fully saturated rings. The van der Waals surface area contributed by atoms with Gasteiger partial charge in [0, 0.05) is 24.5 Å². The maximum absolute atomic E-state index is 12.2. The van der Waals surface area contributed by atoms with E-state index in [1.54, 1.807) is 30.5 Å². The molecule has 4 nitrogen and oxygen atoms in total. The molecule has 1 heterocycles. The summed E-state index contributed by atoms with van der Waals surface area (Å²) < 4.78 is 7.18. The summed E-state index contributed by atoms with van der Waals surface area (Å²) >= 11 is 0. The number of hydrogen-bond acceptors (Lipinski definition) is 3. The van der Waals surface area contributed by atoms with Crippen LogP contribution < -0.4 is 4.74 Å². The van der Waals surface area contributed by atoms with Crippen molar-refractivity contribution in [3.63, 3.8) is 0 Å². The molecule has 4 heteroatoms. The highest BCUT2D eigenvalue weighted by atomic mass is 16.5. The minimum Gasteiger partial charge on any atom is -0.494 e. The third-order valence-corrected chi connectivity index (χ3v) is 2.69. The largest absolute Gasteiger partial charge is 0.494 e. The second kappa shape index (κ2) is 5.49. The van der Waals surface area contributed by atoms with Crippen LogP contribution in [-0.2, 0) is 6.54 Å². The first-order valence-electron chi connectivity index (χ1n) is 6.05. The molecule has 2 rings (SSSR count). The van der Waals surface area contributed by atoms with Gasteiger partial charge in [-0.1, -0.05) is 0 Å². The van der Waals surface area contributed by atoms with Gasteiger partial charge in [-0.3, -0.25) is 4.79 Å². The molecule has 0 saturated carbocycles. The number of benzene rings is 1. The second-order valence-electron chi connectivity index (χ2n) is 3.82. The van der Waals surface area contributed by atoms with Gasteiger partial charge < -0.3 is 9.30 Å². The van der Waals surface area contributed by atoms with E-state index in [1.165, 1.54) is 0 Å². The number of aromatic nitrogens is 2. The highest BCUT2D eigenvalue weighted by Gasteiger charge is 2.14. The molecule has 0 aliphatic carbocycles. The maximum atomic E-state index is 12.2. The van der Waals surface area contributed by atoms with Crippen molar-refractivity contribution < 1.29 is 9.53 Å². The van der Waals surface area contributed by atoms with Crippen LogP contribution in [0.2, 0.25) is 0 Å². The quantitative estimate of drug-likeness (QED) is 0.759. The van der Waals surface area contributed by atoms with Gasteiger partial charge in [0.05, 0.1) is 6.61 Å². The second-order valence-corrected chi connectivity index (χ2v) is 3.82. The van der Waals surface area contributed by atoms with Gasteiger partial charge >= 0.3 is 0 Å². The third kappa shape index (κ3) is 2.42. The summed E-state index contributed by atoms with van der Waals surface area (Å²) in [7, 11) is 0. The molecule has 0 bridgehead atoms. The smallest absolute Gasteiger partial charge is 0.228 e. The molecule has 0 saturated heterocycles. The predicted molar refractivity (Wildman–Crippen MR) is 68.9 cm³/mol. The van der Waals surface area contributed by atoms with E-state index < -0.39 is 0 Å². The van der Waals surface area contributed by atoms with Gasteiger partial charge in [-0.05, 0) is 38.1 Å². The van der Waals surface area contributed by atoms with Crippen LogP contribution in [0.15, 0.2) is 36.7 Å². The molecule has 1 aromatic heterocycles. The normalized spacial score (nSPS) is 10.3. The molecule has 18 heavy (non-hydrogen) atoms. The molecule has 0 atom stereocenters. The molecule has 0 radical (unpaired) electrons. The Bertz CT molecular complexity index is 529. The summed E-state index contributed by atoms with van der Waals surface area (Å²) in [4.78, 5) is 16.3. The number of hydrogen-bond donors (Lipinski definition) is 0. The third-order valence-electron chi connectivity index (χ3n) is 2.69. The average Bonchev–Trinajstić information content (AvgIpc) is 2.87. The van der Waals surface area contributed by atoms with Gasteiger partial charge in [0.1, 0.15) is 5.75 Å². The molecule has 0 unspecified atom stereocenters. The van der Waals surface area contributed by atoms with E-state index >= 15 is 0 Å². The summed E-state index contributed by atoms with van der Waals surface area (Å²) in [5.74, 6) is 1.18. The number of ether oxygens (including phenoxy) is 1. The predicted octanol–water partition coefficient (Wildman–Crippen LogP) is 2.53. The average molecular weight is 244 g/mol. The minimum atomic E-state index is -0.0649. The molecule has 0 aliphatic heterocycles. The zero-order chi connectivity index (χ0) is 13.0. The highest BCUT2D eigenvalue weighted by molar-refractivity contribution is 6.06. The van der Waals surface area contributed by atoms with Crippen molar-refractivity contribution in [3.05, 3.63) is 48.0 Å². The van der Waals surface area contributed by atoms with Gasteiger partial charge in [-0.25, -0.2) is 4.98 Å². The molecule has 0 N–H and O–H groups in total. The molecular weight excluding hydrogens is 228 g/mol. The fraction of sp³-hybridized carbons (Fsp3) is 0.286. The van der Waals surface area contributed by atoms with E-state index in [1.807, 2.05) is 24.6 Å². The Morgan fingerprint density at radius 2 is 2.00 bits per heavy atom. The fourth-order valence-electron chi connectivity index (χ4n) is 1.77. The molecule has 2 aromatic rings. The number of ketones is 1. The van der Waals surface area contributed by atoms with Gasteiger partial charge in [-0.15, -0.1) is 0 Å². The van der Waals surface area contributed by atoms with E-state index in [9.17, 15) is 4.79 Å². The topological polar surface area (TPSA) is 44.1 Å². The molecule has 0 spiro atoms. The number of imidazole rings is 1. The lowest BCUT2D eigenvalue weighted by Crippen LogP contribution is -2.10. The molecule has 0 amide bonds. The molecular formula is C14H16N2O2. The van der Waals surface area contributed by atoms with Crippen molar-refractivity contribution in [1.29, 1.82) is 0 Å². The Labute approximate surface area is 106 Å². The lowest BCUT2D eigenvalue weighted by Gasteiger charge is -2.05. The van der Waals surface area contributed by atoms with Crippen LogP contribution in [-0.4, -0.2) is 21.9 Å². The summed E-state index contributed by atoms with van der Waals surface area (Å²) in [5.41, 5.74) is 0.624. The van der Waals surface area contributed by atoms with Crippen molar-refractivity contribution in [2.24, 2.45) is 0 Å². The van der Waals surface area contributed by atoms with Crippen LogP contribution in [0.1, 0.15) is 30.0 Å². The lowest BCUT2D eigenvalue weighted by atomic mass is 10.1. The summed E-state index contributed by atoms with van der Waals surface area (Å²) in [6, 6.07) is 7.13. The van der Waals surface area contributed by atoms with Crippen molar-refractivity contribution in [3.8, 4) is 5.75 Å². The van der Waals surface area contributed by atoms with Gasteiger partial charge in [0.2, 0.25) is 5.78 Å². The van der Waals surface area contributed by atoms with E-state index in [0.717, 1.165) is 12.3 Å². The number of carbonyl (C=O) groups excluding carboxylic acids is 1. The summed E-state index contributed by atoms with van der Waals surface area (Å²) in [5, 5.41) is 0. The Morgan fingerprint density at radius 1 is 1.28 bits per heavy atom. The number of aryl methyl sites for hydroxylation is 1. The Kier molecular flexibility index (Phi) is 3.77. The van der Waals surface area contributed by atoms with Crippen molar-refractivity contribution in [2.75, 3.05) is 6.61 Å². The fourth-order valence-corrected chi connectivity index (χ4v) is 1.77. The van der Waals surface area contributed by atoms with Gasteiger partial charge in [0.15, 0.2) is 5.82 Å². The van der Waals surface area contributed by atoms with Crippen molar-refractivity contribution >= 4 is 5.78 Å². The zero-order valence-electron chi connectivity index (χ0n) is 10.6. The van der Waals surface area contributed by atoms with Crippen LogP contribution >= 0.6 is 0 Å². The number of nitrogens with zero attached hydrogens (tertiary/aromatic N) is 2. The van der Waals surface area contributed by atoms with Gasteiger partial charge in [-0.2, -0.15) is 0 Å². The van der Waals surface area contributed by atoms with Crippen LogP contribution in [0, 0.1) is 0 Å². The lowest BCUT2D eigenvalue weighted by molar-refractivity contribution is 0.102. The Morgan fingerprint density at radius 3 is 2.61 bits per heavy atom. The SMILES string of the molecule is CCOc1ccc(C(=O)c2nccn2CC)cc1. The van der Waals surface area contributed by atoms with Crippen LogP contribution in [0.4, 0.5) is 0 Å². The maximum Gasteiger partial charge on any atom is 0.228 e. The van der Waals surface area contributed by atoms with E-state index in [-0.39, 0.29) is 5.78 Å². The zero-order valence-corrected chi connectivity index (χ0v) is 10.6. The van der Waals surface area contributed by atoms with Crippen LogP contribution in [0.25, 0.3) is 0 Å². The number of rotatable bonds is 5. The van der Waals surface area contributed by atoms with Crippen molar-refractivity contribution in [1.82, 2.24) is 9.55 Å². The highest BCUT2D eigenvalue weighted by Crippen LogP contribution is 2.14. The minimum absolute atomic E-state index is 0.0649. The summed E-state index contributed by atoms with van der Waals surface area (Å²) in [6.45, 7) is 5.26. The van der Waals surface area contributed by atoms with E-state index in [0.29, 0.717) is 18.0 Å². The molecule has 1 aromatic carbocycles. The first-order valence-corrected chi connectivity index (χ1v) is 6.05. The standard InChI is InChI=1S/C14H16N2O2/c1-3-16-10-9-15-14(16)13(17)11-5-7-12(8-6-11)18-4-2/h5-10H,3-4H2,1-2H3. The van der Waals surface area contributed by atoms with E-state index in [2.05, 4.69) is 4.98 Å². The molecule has 0 aliphatic rings. The van der Waals surface area contributed by atoms with E-state index in [4.69, 9.17) is 4.74 Å². The number of carbonyl (C=O) groups is 1.